The van der Waals surface area contributed by atoms with E-state index in [9.17, 15) is 9.90 Å². The Bertz CT molecular complexity index is 670. The Morgan fingerprint density at radius 3 is 2.64 bits per heavy atom. The van der Waals surface area contributed by atoms with Crippen LogP contribution in [0.3, 0.4) is 0 Å². The summed E-state index contributed by atoms with van der Waals surface area (Å²) in [5.41, 5.74) is 2.53. The van der Waals surface area contributed by atoms with Gasteiger partial charge in [-0.05, 0) is 36.5 Å². The van der Waals surface area contributed by atoms with E-state index in [0.717, 1.165) is 18.5 Å². The van der Waals surface area contributed by atoms with Crippen LogP contribution in [0, 0.1) is 0 Å². The highest BCUT2D eigenvalue weighted by atomic mass is 16.5. The Labute approximate surface area is 128 Å². The first kappa shape index (κ1) is 14.7. The molecule has 0 saturated carbocycles. The summed E-state index contributed by atoms with van der Waals surface area (Å²) in [5, 5.41) is 17.2. The number of nitrogens with zero attached hydrogens (tertiary/aromatic N) is 3. The average molecular weight is 301 g/mol. The molecular formula is C16H19N3O3. The number of carbonyl (C=O) groups is 1. The Kier molecular flexibility index (Phi) is 3.94. The first-order valence-corrected chi connectivity index (χ1v) is 7.48. The molecule has 6 heteroatoms. The van der Waals surface area contributed by atoms with Crippen LogP contribution in [0.4, 0.5) is 0 Å². The van der Waals surface area contributed by atoms with Gasteiger partial charge in [-0.15, -0.1) is 5.10 Å². The van der Waals surface area contributed by atoms with Gasteiger partial charge in [0.1, 0.15) is 11.8 Å². The molecule has 1 aromatic heterocycles. The number of hydrogen-bond acceptors (Lipinski definition) is 4. The monoisotopic (exact) mass is 301 g/mol. The number of rotatable bonds is 4. The van der Waals surface area contributed by atoms with Gasteiger partial charge in [-0.1, -0.05) is 31.2 Å². The minimum Gasteiger partial charge on any atom is -0.476 e. The van der Waals surface area contributed by atoms with Crippen molar-refractivity contribution in [2.24, 2.45) is 0 Å². The van der Waals surface area contributed by atoms with Crippen molar-refractivity contribution in [2.75, 3.05) is 6.61 Å². The molecule has 22 heavy (non-hydrogen) atoms. The lowest BCUT2D eigenvalue weighted by Gasteiger charge is -2.13. The van der Waals surface area contributed by atoms with E-state index in [1.54, 1.807) is 4.68 Å². The summed E-state index contributed by atoms with van der Waals surface area (Å²) in [4.78, 5) is 11.4. The van der Waals surface area contributed by atoms with Crippen LogP contribution in [0.1, 0.15) is 60.5 Å². The molecule has 3 rings (SSSR count). The van der Waals surface area contributed by atoms with E-state index >= 15 is 0 Å². The lowest BCUT2D eigenvalue weighted by atomic mass is 10.0. The van der Waals surface area contributed by atoms with E-state index in [2.05, 4.69) is 24.2 Å². The Morgan fingerprint density at radius 2 is 2.09 bits per heavy atom. The molecule has 0 radical (unpaired) electrons. The largest absolute Gasteiger partial charge is 0.476 e. The summed E-state index contributed by atoms with van der Waals surface area (Å²) >= 11 is 0. The van der Waals surface area contributed by atoms with Crippen molar-refractivity contribution in [1.82, 2.24) is 15.0 Å². The second-order valence-corrected chi connectivity index (χ2v) is 5.79. The smallest absolute Gasteiger partial charge is 0.358 e. The first-order chi connectivity index (χ1) is 10.6. The molecule has 1 aliphatic heterocycles. The second-order valence-electron chi connectivity index (χ2n) is 5.79. The zero-order valence-electron chi connectivity index (χ0n) is 12.7. The molecule has 1 aliphatic rings. The molecule has 2 heterocycles. The van der Waals surface area contributed by atoms with Gasteiger partial charge in [0.25, 0.3) is 0 Å². The molecular weight excluding hydrogens is 282 g/mol. The molecule has 0 aliphatic carbocycles. The van der Waals surface area contributed by atoms with E-state index in [1.807, 2.05) is 24.3 Å². The molecule has 1 aromatic carbocycles. The third kappa shape index (κ3) is 2.62. The van der Waals surface area contributed by atoms with E-state index in [-0.39, 0.29) is 11.8 Å². The maximum atomic E-state index is 11.4. The fourth-order valence-corrected chi connectivity index (χ4v) is 2.71. The van der Waals surface area contributed by atoms with Gasteiger partial charge in [-0.25, -0.2) is 9.48 Å². The van der Waals surface area contributed by atoms with Gasteiger partial charge in [-0.3, -0.25) is 0 Å². The van der Waals surface area contributed by atoms with Crippen molar-refractivity contribution in [3.63, 3.8) is 0 Å². The summed E-state index contributed by atoms with van der Waals surface area (Å²) < 4.78 is 7.23. The van der Waals surface area contributed by atoms with Gasteiger partial charge < -0.3 is 9.84 Å². The molecule has 1 saturated heterocycles. The van der Waals surface area contributed by atoms with Crippen molar-refractivity contribution in [1.29, 1.82) is 0 Å². The lowest BCUT2D eigenvalue weighted by Crippen LogP contribution is -2.11. The van der Waals surface area contributed by atoms with Gasteiger partial charge >= 0.3 is 5.97 Å². The van der Waals surface area contributed by atoms with E-state index in [1.165, 1.54) is 5.56 Å². The summed E-state index contributed by atoms with van der Waals surface area (Å²) in [7, 11) is 0. The third-order valence-electron chi connectivity index (χ3n) is 3.95. The lowest BCUT2D eigenvalue weighted by molar-refractivity contribution is 0.0673. The fraction of sp³-hybridized carbons (Fsp3) is 0.438. The Morgan fingerprint density at radius 1 is 1.36 bits per heavy atom. The number of benzene rings is 1. The van der Waals surface area contributed by atoms with Crippen molar-refractivity contribution in [2.45, 2.75) is 38.7 Å². The molecule has 0 bridgehead atoms. The van der Waals surface area contributed by atoms with Crippen LogP contribution < -0.4 is 0 Å². The van der Waals surface area contributed by atoms with Crippen molar-refractivity contribution >= 4 is 5.97 Å². The number of aromatic nitrogens is 3. The number of hydrogen-bond donors (Lipinski definition) is 1. The molecule has 116 valence electrons. The number of carboxylic acid groups (broad SMARTS) is 1. The molecule has 0 spiro atoms. The van der Waals surface area contributed by atoms with Gasteiger partial charge in [0.15, 0.2) is 5.69 Å². The predicted molar refractivity (Wildman–Crippen MR) is 80.3 cm³/mol. The number of aromatic carboxylic acids is 1. The summed E-state index contributed by atoms with van der Waals surface area (Å²) in [6, 6.07) is 7.94. The average Bonchev–Trinajstić information content (AvgIpc) is 3.16. The molecule has 1 atom stereocenters. The van der Waals surface area contributed by atoms with Gasteiger partial charge in [0.2, 0.25) is 0 Å². The fourth-order valence-electron chi connectivity index (χ4n) is 2.71. The minimum absolute atomic E-state index is 0.0279. The van der Waals surface area contributed by atoms with Crippen LogP contribution in [0.2, 0.25) is 0 Å². The van der Waals surface area contributed by atoms with Crippen molar-refractivity contribution in [3.8, 4) is 5.69 Å². The Balaban J connectivity index is 2.04. The predicted octanol–water partition coefficient (Wildman–Crippen LogP) is 2.94. The molecule has 1 unspecified atom stereocenters. The quantitative estimate of drug-likeness (QED) is 0.939. The van der Waals surface area contributed by atoms with E-state index in [4.69, 9.17) is 4.74 Å². The molecule has 2 aromatic rings. The molecule has 1 N–H and O–H groups in total. The minimum atomic E-state index is -1.07. The molecule has 1 fully saturated rings. The van der Waals surface area contributed by atoms with Crippen LogP contribution in [0.15, 0.2) is 24.3 Å². The van der Waals surface area contributed by atoms with Crippen LogP contribution in [0.25, 0.3) is 5.69 Å². The number of ether oxygens (including phenoxy) is 1. The van der Waals surface area contributed by atoms with Gasteiger partial charge in [-0.2, -0.15) is 0 Å². The summed E-state index contributed by atoms with van der Waals surface area (Å²) in [6.45, 7) is 4.90. The highest BCUT2D eigenvalue weighted by Gasteiger charge is 2.30. The standard InChI is InChI=1S/C16H19N3O3/c1-10(2)11-5-7-12(8-6-11)19-15(13-4-3-9-22-13)14(16(20)21)17-18-19/h5-8,10,13H,3-4,9H2,1-2H3,(H,20,21). The van der Waals surface area contributed by atoms with Crippen LogP contribution >= 0.6 is 0 Å². The highest BCUT2D eigenvalue weighted by molar-refractivity contribution is 5.86. The van der Waals surface area contributed by atoms with E-state index < -0.39 is 5.97 Å². The summed E-state index contributed by atoms with van der Waals surface area (Å²) in [6.07, 6.45) is 1.45. The van der Waals surface area contributed by atoms with Crippen molar-refractivity contribution < 1.29 is 14.6 Å². The van der Waals surface area contributed by atoms with E-state index in [0.29, 0.717) is 18.2 Å². The number of carboxylic acids is 1. The zero-order valence-corrected chi connectivity index (χ0v) is 12.7. The highest BCUT2D eigenvalue weighted by Crippen LogP contribution is 2.31. The van der Waals surface area contributed by atoms with Crippen LogP contribution in [-0.4, -0.2) is 32.7 Å². The van der Waals surface area contributed by atoms with Crippen LogP contribution in [-0.2, 0) is 4.74 Å². The molecule has 0 amide bonds. The normalized spacial score (nSPS) is 18.0. The topological polar surface area (TPSA) is 77.2 Å². The second kappa shape index (κ2) is 5.88. The van der Waals surface area contributed by atoms with Crippen LogP contribution in [0.5, 0.6) is 0 Å². The maximum Gasteiger partial charge on any atom is 0.358 e. The van der Waals surface area contributed by atoms with Crippen molar-refractivity contribution in [3.05, 3.63) is 41.2 Å². The SMILES string of the molecule is CC(C)c1ccc(-n2nnc(C(=O)O)c2C2CCCO2)cc1. The van der Waals surface area contributed by atoms with Gasteiger partial charge in [0, 0.05) is 6.61 Å². The van der Waals surface area contributed by atoms with Gasteiger partial charge in [0.05, 0.1) is 5.69 Å². The zero-order chi connectivity index (χ0) is 15.7. The molecule has 6 nitrogen and oxygen atoms in total. The first-order valence-electron chi connectivity index (χ1n) is 7.48. The maximum absolute atomic E-state index is 11.4. The Hall–Kier alpha value is -2.21. The third-order valence-corrected chi connectivity index (χ3v) is 3.95. The summed E-state index contributed by atoms with van der Waals surface area (Å²) in [5.74, 6) is -0.632.